The maximum absolute atomic E-state index is 10.5. The second-order valence-electron chi connectivity index (χ2n) is 3.68. The summed E-state index contributed by atoms with van der Waals surface area (Å²) < 4.78 is 0. The molecule has 18 heavy (non-hydrogen) atoms. The van der Waals surface area contributed by atoms with Gasteiger partial charge >= 0.3 is 6.09 Å². The first kappa shape index (κ1) is 16.7. The van der Waals surface area contributed by atoms with Crippen LogP contribution in [0.4, 0.5) is 4.79 Å². The van der Waals surface area contributed by atoms with Crippen LogP contribution in [0.5, 0.6) is 0 Å². The molecule has 1 heterocycles. The van der Waals surface area contributed by atoms with E-state index in [1.807, 2.05) is 24.3 Å². The number of rotatable bonds is 1. The van der Waals surface area contributed by atoms with Gasteiger partial charge in [-0.05, 0) is 17.5 Å². The van der Waals surface area contributed by atoms with Gasteiger partial charge in [-0.15, -0.1) is 24.8 Å². The van der Waals surface area contributed by atoms with E-state index in [9.17, 15) is 4.79 Å². The number of hydrogen-bond acceptors (Lipinski definition) is 3. The van der Waals surface area contributed by atoms with Gasteiger partial charge in [-0.25, -0.2) is 4.79 Å². The van der Waals surface area contributed by atoms with Crippen molar-refractivity contribution in [3.05, 3.63) is 35.4 Å². The molecule has 1 aliphatic rings. The van der Waals surface area contributed by atoms with Gasteiger partial charge in [-0.2, -0.15) is 0 Å². The average molecular weight is 292 g/mol. The van der Waals surface area contributed by atoms with Crippen LogP contribution < -0.4 is 10.6 Å². The smallest absolute Gasteiger partial charge is 0.410 e. The first-order valence-corrected chi connectivity index (χ1v) is 5.08. The second-order valence-corrected chi connectivity index (χ2v) is 3.68. The Morgan fingerprint density at radius 3 is 2.72 bits per heavy atom. The number of carbonyl (C=O) groups is 1. The van der Waals surface area contributed by atoms with Crippen molar-refractivity contribution in [2.24, 2.45) is 0 Å². The van der Waals surface area contributed by atoms with Crippen LogP contribution in [0.3, 0.4) is 0 Å². The van der Waals surface area contributed by atoms with Crippen LogP contribution in [0, 0.1) is 5.41 Å². The largest absolute Gasteiger partial charge is 0.465 e. The average Bonchev–Trinajstić information content (AvgIpc) is 2.27. The predicted molar refractivity (Wildman–Crippen MR) is 74.3 cm³/mol. The summed E-state index contributed by atoms with van der Waals surface area (Å²) in [5.41, 5.74) is 2.15. The summed E-state index contributed by atoms with van der Waals surface area (Å²) in [6, 6.07) is 7.44. The second kappa shape index (κ2) is 7.20. The van der Waals surface area contributed by atoms with Crippen LogP contribution in [-0.4, -0.2) is 23.6 Å². The minimum Gasteiger partial charge on any atom is -0.465 e. The number of nitrogens with one attached hydrogen (secondary N) is 3. The lowest BCUT2D eigenvalue weighted by molar-refractivity contribution is 0.199. The number of amides is 1. The molecular formula is C11H15Cl2N3O2. The number of amidine groups is 1. The Balaban J connectivity index is 0.00000144. The summed E-state index contributed by atoms with van der Waals surface area (Å²) >= 11 is 0. The molecule has 1 aromatic rings. The van der Waals surface area contributed by atoms with Gasteiger partial charge in [-0.1, -0.05) is 24.3 Å². The molecule has 0 radical (unpaired) electrons. The zero-order chi connectivity index (χ0) is 11.5. The molecule has 0 spiro atoms. The molecule has 0 saturated heterocycles. The van der Waals surface area contributed by atoms with Crippen LogP contribution in [0.15, 0.2) is 24.3 Å². The van der Waals surface area contributed by atoms with Gasteiger partial charge in [0.15, 0.2) is 0 Å². The summed E-state index contributed by atoms with van der Waals surface area (Å²) in [5, 5.41) is 21.5. The maximum Gasteiger partial charge on any atom is 0.410 e. The maximum atomic E-state index is 10.5. The third kappa shape index (κ3) is 3.60. The van der Waals surface area contributed by atoms with E-state index in [4.69, 9.17) is 10.5 Å². The lowest BCUT2D eigenvalue weighted by Crippen LogP contribution is -2.42. The minimum absolute atomic E-state index is 0. The third-order valence-electron chi connectivity index (χ3n) is 2.64. The van der Waals surface area contributed by atoms with Gasteiger partial charge in [0.25, 0.3) is 0 Å². The summed E-state index contributed by atoms with van der Waals surface area (Å²) in [6.07, 6.45) is -0.289. The standard InChI is InChI=1S/C11H13N3O2.2ClH/c12-10(14-11(15)16)9-8-4-2-1-3-7(8)5-6-13-9;;/h1-4,9,13H,5-6H2,(H2,12,14)(H,15,16);2*1H. The van der Waals surface area contributed by atoms with Crippen molar-refractivity contribution in [1.29, 1.82) is 5.41 Å². The highest BCUT2D eigenvalue weighted by Gasteiger charge is 2.23. The van der Waals surface area contributed by atoms with E-state index >= 15 is 0 Å². The zero-order valence-corrected chi connectivity index (χ0v) is 11.1. The van der Waals surface area contributed by atoms with Crippen molar-refractivity contribution < 1.29 is 9.90 Å². The third-order valence-corrected chi connectivity index (χ3v) is 2.64. The van der Waals surface area contributed by atoms with E-state index < -0.39 is 6.09 Å². The Morgan fingerprint density at radius 2 is 2.06 bits per heavy atom. The van der Waals surface area contributed by atoms with Gasteiger partial charge in [0.1, 0.15) is 5.84 Å². The molecule has 5 nitrogen and oxygen atoms in total. The van der Waals surface area contributed by atoms with E-state index in [0.717, 1.165) is 18.5 Å². The lowest BCUT2D eigenvalue weighted by Gasteiger charge is -2.26. The Bertz CT molecular complexity index is 440. The monoisotopic (exact) mass is 291 g/mol. The van der Waals surface area contributed by atoms with Crippen molar-refractivity contribution >= 4 is 36.7 Å². The lowest BCUT2D eigenvalue weighted by atomic mass is 9.94. The number of hydrogen-bond donors (Lipinski definition) is 4. The molecule has 0 bridgehead atoms. The van der Waals surface area contributed by atoms with E-state index in [-0.39, 0.29) is 36.7 Å². The molecule has 0 aromatic heterocycles. The molecule has 2 rings (SSSR count). The topological polar surface area (TPSA) is 85.2 Å². The van der Waals surface area contributed by atoms with E-state index in [1.165, 1.54) is 5.56 Å². The minimum atomic E-state index is -1.20. The number of benzene rings is 1. The van der Waals surface area contributed by atoms with Crippen molar-refractivity contribution in [2.45, 2.75) is 12.5 Å². The van der Waals surface area contributed by atoms with Gasteiger partial charge in [-0.3, -0.25) is 10.7 Å². The van der Waals surface area contributed by atoms with Crippen LogP contribution in [-0.2, 0) is 6.42 Å². The fourth-order valence-corrected chi connectivity index (χ4v) is 1.95. The first-order valence-electron chi connectivity index (χ1n) is 5.08. The van der Waals surface area contributed by atoms with Crippen LogP contribution in [0.2, 0.25) is 0 Å². The van der Waals surface area contributed by atoms with Gasteiger partial charge in [0.05, 0.1) is 6.04 Å². The van der Waals surface area contributed by atoms with Gasteiger partial charge in [0.2, 0.25) is 0 Å². The molecule has 0 aliphatic carbocycles. The fourth-order valence-electron chi connectivity index (χ4n) is 1.95. The number of carboxylic acid groups (broad SMARTS) is 1. The summed E-state index contributed by atoms with van der Waals surface area (Å²) in [7, 11) is 0. The molecule has 1 unspecified atom stereocenters. The Kier molecular flexibility index (Phi) is 6.68. The Labute approximate surface area is 117 Å². The van der Waals surface area contributed by atoms with Gasteiger partial charge < -0.3 is 10.4 Å². The van der Waals surface area contributed by atoms with Crippen LogP contribution in [0.25, 0.3) is 0 Å². The summed E-state index contributed by atoms with van der Waals surface area (Å²) in [6.45, 7) is 0.755. The highest BCUT2D eigenvalue weighted by atomic mass is 35.5. The zero-order valence-electron chi connectivity index (χ0n) is 9.47. The summed E-state index contributed by atoms with van der Waals surface area (Å²) in [4.78, 5) is 10.5. The molecular weight excluding hydrogens is 277 g/mol. The molecule has 7 heteroatoms. The molecule has 100 valence electrons. The number of halogens is 2. The van der Waals surface area contributed by atoms with Crippen LogP contribution in [0.1, 0.15) is 17.2 Å². The van der Waals surface area contributed by atoms with Crippen molar-refractivity contribution in [2.75, 3.05) is 6.54 Å². The molecule has 4 N–H and O–H groups in total. The fraction of sp³-hybridized carbons (Fsp3) is 0.273. The van der Waals surface area contributed by atoms with E-state index in [1.54, 1.807) is 0 Å². The van der Waals surface area contributed by atoms with Crippen molar-refractivity contribution in [3.8, 4) is 0 Å². The van der Waals surface area contributed by atoms with E-state index in [2.05, 4.69) is 10.6 Å². The van der Waals surface area contributed by atoms with E-state index in [0.29, 0.717) is 0 Å². The first-order chi connectivity index (χ1) is 7.68. The molecule has 1 aromatic carbocycles. The molecule has 1 atom stereocenters. The van der Waals surface area contributed by atoms with Crippen molar-refractivity contribution in [3.63, 3.8) is 0 Å². The SMILES string of the molecule is Cl.Cl.N=C(NC(=O)O)C1NCCc2ccccc21. The van der Waals surface area contributed by atoms with Gasteiger partial charge in [0, 0.05) is 6.54 Å². The normalized spacial score (nSPS) is 16.6. The van der Waals surface area contributed by atoms with Crippen LogP contribution >= 0.6 is 24.8 Å². The molecule has 1 aliphatic heterocycles. The Hall–Kier alpha value is -1.30. The highest BCUT2D eigenvalue weighted by Crippen LogP contribution is 2.22. The highest BCUT2D eigenvalue weighted by molar-refractivity contribution is 5.96. The molecule has 1 amide bonds. The summed E-state index contributed by atoms with van der Waals surface area (Å²) in [5.74, 6) is -0.0281. The molecule has 0 saturated carbocycles. The number of fused-ring (bicyclic) bond motifs is 1. The Morgan fingerprint density at radius 1 is 1.39 bits per heavy atom. The quantitative estimate of drug-likeness (QED) is 0.471. The molecule has 0 fully saturated rings. The predicted octanol–water partition coefficient (Wildman–Crippen LogP) is 1.96. The van der Waals surface area contributed by atoms with Crippen molar-refractivity contribution in [1.82, 2.24) is 10.6 Å².